The lowest BCUT2D eigenvalue weighted by molar-refractivity contribution is -0.119. The number of carbonyl (C=O) groups excluding carboxylic acids is 3. The second-order valence-electron chi connectivity index (χ2n) is 6.57. The predicted molar refractivity (Wildman–Crippen MR) is 107 cm³/mol. The third-order valence-electron chi connectivity index (χ3n) is 3.66. The molecule has 0 heterocycles. The number of esters is 1. The van der Waals surface area contributed by atoms with E-state index in [1.54, 1.807) is 32.0 Å². The largest absolute Gasteiger partial charge is 0.452 e. The number of anilines is 1. The zero-order valence-corrected chi connectivity index (χ0v) is 17.1. The number of Topliss-reactive ketones (excluding diaryl/α,β-unsaturated/α-hetero) is 1. The minimum Gasteiger partial charge on any atom is -0.452 e. The first-order valence-electron chi connectivity index (χ1n) is 8.79. The van der Waals surface area contributed by atoms with E-state index in [0.717, 1.165) is 0 Å². The van der Waals surface area contributed by atoms with Crippen LogP contribution in [-0.2, 0) is 19.6 Å². The van der Waals surface area contributed by atoms with Gasteiger partial charge in [0.1, 0.15) is 0 Å². The lowest BCUT2D eigenvalue weighted by atomic mass is 10.1. The lowest BCUT2D eigenvalue weighted by Crippen LogP contribution is -2.30. The zero-order valence-electron chi connectivity index (χ0n) is 16.3. The van der Waals surface area contributed by atoms with Crippen molar-refractivity contribution in [3.05, 3.63) is 59.7 Å². The van der Waals surface area contributed by atoms with Crippen LogP contribution in [-0.4, -0.2) is 38.7 Å². The number of nitrogens with one attached hydrogen (secondary N) is 2. The molecular weight excluding hydrogens is 396 g/mol. The van der Waals surface area contributed by atoms with E-state index in [-0.39, 0.29) is 22.3 Å². The van der Waals surface area contributed by atoms with Crippen molar-refractivity contribution in [3.63, 3.8) is 0 Å². The van der Waals surface area contributed by atoms with Gasteiger partial charge in [-0.3, -0.25) is 9.59 Å². The summed E-state index contributed by atoms with van der Waals surface area (Å²) in [6.45, 7) is 4.21. The van der Waals surface area contributed by atoms with Crippen LogP contribution in [0.2, 0.25) is 0 Å². The lowest BCUT2D eigenvalue weighted by Gasteiger charge is -2.11. The maximum absolute atomic E-state index is 12.2. The monoisotopic (exact) mass is 418 g/mol. The van der Waals surface area contributed by atoms with Crippen molar-refractivity contribution in [1.82, 2.24) is 4.72 Å². The summed E-state index contributed by atoms with van der Waals surface area (Å²) in [7, 11) is -3.76. The maximum Gasteiger partial charge on any atom is 0.338 e. The summed E-state index contributed by atoms with van der Waals surface area (Å²) in [6, 6.07) is 11.4. The van der Waals surface area contributed by atoms with Crippen LogP contribution < -0.4 is 10.0 Å². The number of amides is 1. The van der Waals surface area contributed by atoms with E-state index in [9.17, 15) is 22.8 Å². The van der Waals surface area contributed by atoms with Crippen LogP contribution in [0, 0.1) is 0 Å². The number of carbonyl (C=O) groups is 3. The fourth-order valence-corrected chi connectivity index (χ4v) is 3.69. The van der Waals surface area contributed by atoms with Gasteiger partial charge in [0.05, 0.1) is 10.5 Å². The van der Waals surface area contributed by atoms with Crippen LogP contribution >= 0.6 is 0 Å². The highest BCUT2D eigenvalue weighted by Crippen LogP contribution is 2.14. The molecule has 2 rings (SSSR count). The van der Waals surface area contributed by atoms with E-state index in [4.69, 9.17) is 4.74 Å². The molecule has 0 aliphatic rings. The van der Waals surface area contributed by atoms with Gasteiger partial charge in [-0.1, -0.05) is 18.2 Å². The third-order valence-corrected chi connectivity index (χ3v) is 5.31. The van der Waals surface area contributed by atoms with Gasteiger partial charge in [-0.25, -0.2) is 17.9 Å². The molecule has 0 fully saturated rings. The molecule has 0 spiro atoms. The molecule has 29 heavy (non-hydrogen) atoms. The Kier molecular flexibility index (Phi) is 7.24. The molecule has 0 radical (unpaired) electrons. The van der Waals surface area contributed by atoms with E-state index < -0.39 is 28.5 Å². The van der Waals surface area contributed by atoms with E-state index in [0.29, 0.717) is 11.3 Å². The molecule has 0 saturated heterocycles. The van der Waals surface area contributed by atoms with E-state index in [2.05, 4.69) is 10.0 Å². The minimum atomic E-state index is -3.76. The molecule has 9 heteroatoms. The first-order chi connectivity index (χ1) is 13.6. The molecule has 0 saturated carbocycles. The highest BCUT2D eigenvalue weighted by atomic mass is 32.2. The minimum absolute atomic E-state index is 0.00279. The number of sulfonamides is 1. The van der Waals surface area contributed by atoms with Crippen LogP contribution in [0.5, 0.6) is 0 Å². The normalized spacial score (nSPS) is 11.2. The predicted octanol–water partition coefficient (Wildman–Crippen LogP) is 2.37. The van der Waals surface area contributed by atoms with Crippen molar-refractivity contribution < 1.29 is 27.5 Å². The topological polar surface area (TPSA) is 119 Å². The first-order valence-corrected chi connectivity index (χ1v) is 10.3. The fraction of sp³-hybridized carbons (Fsp3) is 0.250. The summed E-state index contributed by atoms with van der Waals surface area (Å²) in [5, 5.41) is 2.53. The number of hydrogen-bond acceptors (Lipinski definition) is 6. The van der Waals surface area contributed by atoms with Crippen LogP contribution in [0.1, 0.15) is 41.5 Å². The molecular formula is C20H22N2O6S. The summed E-state index contributed by atoms with van der Waals surface area (Å²) in [6.07, 6.45) is 0. The molecule has 8 nitrogen and oxygen atoms in total. The number of benzene rings is 2. The van der Waals surface area contributed by atoms with Gasteiger partial charge < -0.3 is 10.1 Å². The number of ketones is 1. The quantitative estimate of drug-likeness (QED) is 0.502. The first kappa shape index (κ1) is 22.3. The Hall–Kier alpha value is -3.04. The van der Waals surface area contributed by atoms with Crippen molar-refractivity contribution in [1.29, 1.82) is 0 Å². The van der Waals surface area contributed by atoms with E-state index in [1.807, 2.05) is 0 Å². The summed E-state index contributed by atoms with van der Waals surface area (Å²) in [5.41, 5.74) is 0.836. The Bertz CT molecular complexity index is 1030. The van der Waals surface area contributed by atoms with Gasteiger partial charge in [-0.2, -0.15) is 0 Å². The molecule has 0 aliphatic heterocycles. The molecule has 0 unspecified atom stereocenters. The van der Waals surface area contributed by atoms with Crippen molar-refractivity contribution >= 4 is 33.4 Å². The standard InChI is InChI=1S/C20H22N2O6S/c1-13(2)22-29(26,27)18-9-5-7-16(11-18)20(25)28-12-19(24)21-17-8-4-6-15(10-17)14(3)23/h4-11,13,22H,12H2,1-3H3,(H,21,24). The Labute approximate surface area is 169 Å². The number of ether oxygens (including phenoxy) is 1. The zero-order chi connectivity index (χ0) is 21.6. The van der Waals surface area contributed by atoms with E-state index in [1.165, 1.54) is 37.3 Å². The van der Waals surface area contributed by atoms with Gasteiger partial charge >= 0.3 is 5.97 Å². The van der Waals surface area contributed by atoms with Gasteiger partial charge in [0, 0.05) is 17.3 Å². The number of hydrogen-bond donors (Lipinski definition) is 2. The second kappa shape index (κ2) is 9.44. The average Bonchev–Trinajstić information content (AvgIpc) is 2.65. The molecule has 0 bridgehead atoms. The maximum atomic E-state index is 12.2. The van der Waals surface area contributed by atoms with Crippen molar-refractivity contribution in [2.75, 3.05) is 11.9 Å². The highest BCUT2D eigenvalue weighted by Gasteiger charge is 2.18. The molecule has 2 aromatic carbocycles. The summed E-state index contributed by atoms with van der Waals surface area (Å²) < 4.78 is 31.8. The van der Waals surface area contributed by atoms with Gasteiger partial charge in [-0.15, -0.1) is 0 Å². The van der Waals surface area contributed by atoms with E-state index >= 15 is 0 Å². The van der Waals surface area contributed by atoms with Crippen molar-refractivity contribution in [2.24, 2.45) is 0 Å². The molecule has 2 aromatic rings. The molecule has 1 amide bonds. The van der Waals surface area contributed by atoms with Crippen LogP contribution in [0.25, 0.3) is 0 Å². The molecule has 0 aliphatic carbocycles. The molecule has 2 N–H and O–H groups in total. The van der Waals surface area contributed by atoms with Crippen molar-refractivity contribution in [3.8, 4) is 0 Å². The van der Waals surface area contributed by atoms with Crippen LogP contribution in [0.3, 0.4) is 0 Å². The highest BCUT2D eigenvalue weighted by molar-refractivity contribution is 7.89. The van der Waals surface area contributed by atoms with Crippen molar-refractivity contribution in [2.45, 2.75) is 31.7 Å². The smallest absolute Gasteiger partial charge is 0.338 e. The fourth-order valence-electron chi connectivity index (χ4n) is 2.40. The second-order valence-corrected chi connectivity index (χ2v) is 8.28. The summed E-state index contributed by atoms with van der Waals surface area (Å²) >= 11 is 0. The van der Waals surface area contributed by atoms with Gasteiger partial charge in [0.2, 0.25) is 10.0 Å². The summed E-state index contributed by atoms with van der Waals surface area (Å²) in [4.78, 5) is 35.5. The van der Waals surface area contributed by atoms with Gasteiger partial charge in [-0.05, 0) is 51.1 Å². The SMILES string of the molecule is CC(=O)c1cccc(NC(=O)COC(=O)c2cccc(S(=O)(=O)NC(C)C)c2)c1. The Morgan fingerprint density at radius 1 is 1.00 bits per heavy atom. The Morgan fingerprint density at radius 3 is 2.31 bits per heavy atom. The van der Waals surface area contributed by atoms with Gasteiger partial charge in [0.15, 0.2) is 12.4 Å². The molecule has 154 valence electrons. The van der Waals surface area contributed by atoms with Crippen LogP contribution in [0.4, 0.5) is 5.69 Å². The Balaban J connectivity index is 2.00. The molecule has 0 atom stereocenters. The van der Waals surface area contributed by atoms with Gasteiger partial charge in [0.25, 0.3) is 5.91 Å². The van der Waals surface area contributed by atoms with Crippen LogP contribution in [0.15, 0.2) is 53.4 Å². The summed E-state index contributed by atoms with van der Waals surface area (Å²) in [5.74, 6) is -1.57. The molecule has 0 aromatic heterocycles. The third kappa shape index (κ3) is 6.51. The number of rotatable bonds is 8. The average molecular weight is 418 g/mol. The Morgan fingerprint density at radius 2 is 1.66 bits per heavy atom.